The minimum Gasteiger partial charge on any atom is -0.444 e. The van der Waals surface area contributed by atoms with E-state index in [9.17, 15) is 9.59 Å². The number of hydrogen-bond acceptors (Lipinski definition) is 5. The Morgan fingerprint density at radius 3 is 2.11 bits per heavy atom. The van der Waals surface area contributed by atoms with Crippen molar-refractivity contribution in [3.63, 3.8) is 0 Å². The highest BCUT2D eigenvalue weighted by Gasteiger charge is 2.33. The summed E-state index contributed by atoms with van der Waals surface area (Å²) in [5.74, 6) is 2.42. The molecule has 0 saturated carbocycles. The molecule has 2 aliphatic heterocycles. The molecule has 0 spiro atoms. The van der Waals surface area contributed by atoms with Gasteiger partial charge in [0.05, 0.1) is 0 Å². The minimum atomic E-state index is -0.566. The molecule has 2 fully saturated rings. The zero-order valence-corrected chi connectivity index (χ0v) is 19.1. The maximum Gasteiger partial charge on any atom is 0.408 e. The van der Waals surface area contributed by atoms with Crippen LogP contribution in [0, 0.1) is 11.8 Å². The third-order valence-electron chi connectivity index (χ3n) is 5.88. The van der Waals surface area contributed by atoms with Gasteiger partial charge in [0.2, 0.25) is 5.91 Å². The molecular weight excluding hydrogens is 374 g/mol. The predicted octanol–water partition coefficient (Wildman–Crippen LogP) is 3.21. The monoisotopic (exact) mass is 413 g/mol. The fourth-order valence-electron chi connectivity index (χ4n) is 4.25. The van der Waals surface area contributed by atoms with Gasteiger partial charge in [-0.1, -0.05) is 0 Å². The molecule has 0 radical (unpaired) electrons. The van der Waals surface area contributed by atoms with E-state index in [0.717, 1.165) is 43.5 Å². The van der Waals surface area contributed by atoms with Crippen LogP contribution in [0.15, 0.2) is 0 Å². The Bertz CT molecular complexity index is 508. The summed E-state index contributed by atoms with van der Waals surface area (Å²) in [5.41, 5.74) is -0.566. The summed E-state index contributed by atoms with van der Waals surface area (Å²) in [6.45, 7) is 9.50. The first-order chi connectivity index (χ1) is 13.2. The van der Waals surface area contributed by atoms with E-state index in [2.05, 4.69) is 17.3 Å². The van der Waals surface area contributed by atoms with Crippen molar-refractivity contribution in [2.75, 3.05) is 45.2 Å². The summed E-state index contributed by atoms with van der Waals surface area (Å²) in [7, 11) is 2.20. The maximum atomic E-state index is 13.1. The Morgan fingerprint density at radius 1 is 1.07 bits per heavy atom. The van der Waals surface area contributed by atoms with E-state index in [1.165, 1.54) is 25.9 Å². The molecule has 2 amide bonds. The number of piperidine rings is 2. The van der Waals surface area contributed by atoms with E-state index in [0.29, 0.717) is 6.42 Å². The molecule has 0 unspecified atom stereocenters. The summed E-state index contributed by atoms with van der Waals surface area (Å²) in [6, 6.07) is -0.498. The first-order valence-electron chi connectivity index (χ1n) is 10.7. The number of likely N-dealkylation sites (tertiary alicyclic amines) is 2. The normalized spacial score (nSPS) is 21.4. The zero-order chi connectivity index (χ0) is 20.7. The van der Waals surface area contributed by atoms with Gasteiger partial charge < -0.3 is 19.9 Å². The average molecular weight is 414 g/mol. The van der Waals surface area contributed by atoms with Gasteiger partial charge in [0.1, 0.15) is 11.6 Å². The molecule has 28 heavy (non-hydrogen) atoms. The number of amides is 2. The second kappa shape index (κ2) is 10.7. The Hall–Kier alpha value is -0.950. The molecular formula is C21H39N3O3S. The summed E-state index contributed by atoms with van der Waals surface area (Å²) in [4.78, 5) is 29.6. The van der Waals surface area contributed by atoms with Gasteiger partial charge in [-0.05, 0) is 96.9 Å². The van der Waals surface area contributed by atoms with E-state index in [4.69, 9.17) is 4.74 Å². The molecule has 0 aromatic rings. The quantitative estimate of drug-likeness (QED) is 0.724. The Labute approximate surface area is 175 Å². The Morgan fingerprint density at radius 2 is 1.61 bits per heavy atom. The SMILES string of the molecule is CSCC[C@H](NC(=O)OC(C)(C)C)C(=O)N1CCC(C2CCN(C)CC2)CC1. The molecule has 2 aliphatic rings. The van der Waals surface area contributed by atoms with Crippen molar-refractivity contribution >= 4 is 23.8 Å². The molecule has 1 atom stereocenters. The van der Waals surface area contributed by atoms with Crippen molar-refractivity contribution in [2.45, 2.75) is 64.5 Å². The molecule has 1 N–H and O–H groups in total. The van der Waals surface area contributed by atoms with Crippen molar-refractivity contribution < 1.29 is 14.3 Å². The van der Waals surface area contributed by atoms with Crippen LogP contribution in [0.1, 0.15) is 52.9 Å². The van der Waals surface area contributed by atoms with Crippen LogP contribution in [-0.4, -0.2) is 78.7 Å². The van der Waals surface area contributed by atoms with Crippen LogP contribution in [0.25, 0.3) is 0 Å². The fourth-order valence-corrected chi connectivity index (χ4v) is 4.73. The molecule has 6 nitrogen and oxygen atoms in total. The van der Waals surface area contributed by atoms with Crippen LogP contribution in [0.3, 0.4) is 0 Å². The maximum absolute atomic E-state index is 13.1. The van der Waals surface area contributed by atoms with Gasteiger partial charge in [0.15, 0.2) is 0 Å². The van der Waals surface area contributed by atoms with Crippen molar-refractivity contribution in [3.05, 3.63) is 0 Å². The lowest BCUT2D eigenvalue weighted by molar-refractivity contribution is -0.135. The molecule has 2 rings (SSSR count). The largest absolute Gasteiger partial charge is 0.444 e. The number of carbonyl (C=O) groups is 2. The molecule has 0 aliphatic carbocycles. The van der Waals surface area contributed by atoms with E-state index >= 15 is 0 Å². The number of alkyl carbamates (subject to hydrolysis) is 1. The van der Waals surface area contributed by atoms with Gasteiger partial charge in [-0.15, -0.1) is 0 Å². The summed E-state index contributed by atoms with van der Waals surface area (Å²) in [6.07, 6.45) is 6.88. The first-order valence-corrected chi connectivity index (χ1v) is 12.0. The minimum absolute atomic E-state index is 0.0433. The number of nitrogens with one attached hydrogen (secondary N) is 1. The van der Waals surface area contributed by atoms with E-state index < -0.39 is 17.7 Å². The third kappa shape index (κ3) is 7.47. The summed E-state index contributed by atoms with van der Waals surface area (Å²) in [5, 5.41) is 2.81. The highest BCUT2D eigenvalue weighted by atomic mass is 32.2. The number of rotatable bonds is 6. The topological polar surface area (TPSA) is 61.9 Å². The average Bonchev–Trinajstić information content (AvgIpc) is 2.64. The number of carbonyl (C=O) groups excluding carboxylic acids is 2. The van der Waals surface area contributed by atoms with Crippen LogP contribution in [0.2, 0.25) is 0 Å². The van der Waals surface area contributed by atoms with Gasteiger partial charge in [-0.3, -0.25) is 4.79 Å². The van der Waals surface area contributed by atoms with E-state index in [-0.39, 0.29) is 5.91 Å². The standard InChI is InChI=1S/C21H39N3O3S/c1-21(2,3)27-20(26)22-18(10-15-28-5)19(25)24-13-8-17(9-14-24)16-6-11-23(4)12-7-16/h16-18H,6-15H2,1-5H3,(H,22,26)/t18-/m0/s1. The van der Waals surface area contributed by atoms with Crippen LogP contribution in [-0.2, 0) is 9.53 Å². The van der Waals surface area contributed by atoms with Gasteiger partial charge in [-0.2, -0.15) is 11.8 Å². The molecule has 7 heteroatoms. The van der Waals surface area contributed by atoms with Crippen LogP contribution in [0.4, 0.5) is 4.79 Å². The summed E-state index contributed by atoms with van der Waals surface area (Å²) >= 11 is 1.69. The lowest BCUT2D eigenvalue weighted by Gasteiger charge is -2.40. The van der Waals surface area contributed by atoms with E-state index in [1.54, 1.807) is 11.8 Å². The molecule has 0 aromatic carbocycles. The first kappa shape index (κ1) is 23.3. The number of ether oxygens (including phenoxy) is 1. The summed E-state index contributed by atoms with van der Waals surface area (Å²) < 4.78 is 5.36. The van der Waals surface area contributed by atoms with Gasteiger partial charge in [-0.25, -0.2) is 4.79 Å². The lowest BCUT2D eigenvalue weighted by atomic mass is 9.79. The molecule has 0 aromatic heterocycles. The van der Waals surface area contributed by atoms with Crippen LogP contribution < -0.4 is 5.32 Å². The second-order valence-electron chi connectivity index (χ2n) is 9.28. The van der Waals surface area contributed by atoms with Crippen LogP contribution in [0.5, 0.6) is 0 Å². The molecule has 162 valence electrons. The van der Waals surface area contributed by atoms with Crippen molar-refractivity contribution in [1.82, 2.24) is 15.1 Å². The number of nitrogens with zero attached hydrogens (tertiary/aromatic N) is 2. The molecule has 0 bridgehead atoms. The van der Waals surface area contributed by atoms with Crippen LogP contribution >= 0.6 is 11.8 Å². The number of thioether (sulfide) groups is 1. The highest BCUT2D eigenvalue weighted by molar-refractivity contribution is 7.98. The van der Waals surface area contributed by atoms with Gasteiger partial charge >= 0.3 is 6.09 Å². The predicted molar refractivity (Wildman–Crippen MR) is 116 cm³/mol. The second-order valence-corrected chi connectivity index (χ2v) is 10.3. The Kier molecular flexibility index (Phi) is 8.93. The van der Waals surface area contributed by atoms with Gasteiger partial charge in [0, 0.05) is 13.1 Å². The Balaban J connectivity index is 1.87. The molecule has 2 heterocycles. The van der Waals surface area contributed by atoms with E-state index in [1.807, 2.05) is 31.9 Å². The lowest BCUT2D eigenvalue weighted by Crippen LogP contribution is -2.52. The third-order valence-corrected chi connectivity index (χ3v) is 6.52. The fraction of sp³-hybridized carbons (Fsp3) is 0.905. The smallest absolute Gasteiger partial charge is 0.408 e. The van der Waals surface area contributed by atoms with Gasteiger partial charge in [0.25, 0.3) is 0 Å². The van der Waals surface area contributed by atoms with Crippen molar-refractivity contribution in [1.29, 1.82) is 0 Å². The highest BCUT2D eigenvalue weighted by Crippen LogP contribution is 2.32. The van der Waals surface area contributed by atoms with Crippen molar-refractivity contribution in [3.8, 4) is 0 Å². The van der Waals surface area contributed by atoms with Crippen molar-refractivity contribution in [2.24, 2.45) is 11.8 Å². The number of hydrogen-bond donors (Lipinski definition) is 1. The molecule has 2 saturated heterocycles. The zero-order valence-electron chi connectivity index (χ0n) is 18.3.